The van der Waals surface area contributed by atoms with E-state index in [1.54, 1.807) is 0 Å². The maximum atomic E-state index is 8.94. The predicted molar refractivity (Wildman–Crippen MR) is 50.6 cm³/mol. The molecule has 2 unspecified atom stereocenters. The zero-order valence-electron chi connectivity index (χ0n) is 8.43. The zero-order valence-corrected chi connectivity index (χ0v) is 8.43. The van der Waals surface area contributed by atoms with Gasteiger partial charge in [0.05, 0.1) is 24.2 Å². The first kappa shape index (κ1) is 13.8. The molecule has 5 nitrogen and oxygen atoms in total. The average Bonchev–Trinajstić information content (AvgIpc) is 2.72. The molecule has 5 N–H and O–H groups in total. The molecule has 0 saturated heterocycles. The van der Waals surface area contributed by atoms with Crippen LogP contribution in [0, 0.1) is 5.41 Å². The van der Waals surface area contributed by atoms with Gasteiger partial charge in [-0.2, -0.15) is 0 Å². The summed E-state index contributed by atoms with van der Waals surface area (Å²) < 4.78 is 0. The molecule has 1 saturated carbocycles. The molecule has 0 heterocycles. The van der Waals surface area contributed by atoms with Gasteiger partial charge in [0.1, 0.15) is 0 Å². The third-order valence-corrected chi connectivity index (χ3v) is 2.64. The maximum Gasteiger partial charge on any atom is 0.0910 e. The molecule has 14 heavy (non-hydrogen) atoms. The highest BCUT2D eigenvalue weighted by atomic mass is 16.4. The van der Waals surface area contributed by atoms with Crippen LogP contribution >= 0.6 is 0 Å². The predicted octanol–water partition coefficient (Wildman–Crippen LogP) is -1.53. The fourth-order valence-electron chi connectivity index (χ4n) is 1.24. The summed E-state index contributed by atoms with van der Waals surface area (Å²) in [6.45, 7) is 1.91. The molecule has 0 aromatic heterocycles. The Morgan fingerprint density at radius 2 is 1.43 bits per heavy atom. The highest BCUT2D eigenvalue weighted by Crippen LogP contribution is 2.48. The standard InChI is InChI=1S/C6H12O3.C3H8O2/c1-2-6(3-7)4(8)5(6)9;4-2-1-3-5/h4-5,7-9H,2-3H2,1H3;4-5H,1-3H2. The van der Waals surface area contributed by atoms with Crippen molar-refractivity contribution in [3.63, 3.8) is 0 Å². The second kappa shape index (κ2) is 6.31. The van der Waals surface area contributed by atoms with Crippen molar-refractivity contribution in [3.8, 4) is 0 Å². The van der Waals surface area contributed by atoms with E-state index in [9.17, 15) is 0 Å². The lowest BCUT2D eigenvalue weighted by Gasteiger charge is -2.06. The second-order valence-corrected chi connectivity index (χ2v) is 3.44. The van der Waals surface area contributed by atoms with E-state index in [0.29, 0.717) is 12.8 Å². The molecule has 1 rings (SSSR count). The van der Waals surface area contributed by atoms with E-state index in [1.165, 1.54) is 0 Å². The van der Waals surface area contributed by atoms with Gasteiger partial charge in [0.2, 0.25) is 0 Å². The van der Waals surface area contributed by atoms with Crippen molar-refractivity contribution < 1.29 is 25.5 Å². The van der Waals surface area contributed by atoms with Crippen molar-refractivity contribution in [2.75, 3.05) is 19.8 Å². The molecule has 0 radical (unpaired) electrons. The molecule has 1 fully saturated rings. The van der Waals surface area contributed by atoms with E-state index in [-0.39, 0.29) is 19.8 Å². The van der Waals surface area contributed by atoms with Crippen LogP contribution < -0.4 is 0 Å². The lowest BCUT2D eigenvalue weighted by atomic mass is 10.1. The summed E-state index contributed by atoms with van der Waals surface area (Å²) in [5, 5.41) is 42.4. The molecule has 0 aromatic rings. The lowest BCUT2D eigenvalue weighted by Crippen LogP contribution is -2.12. The largest absolute Gasteiger partial charge is 0.396 e. The van der Waals surface area contributed by atoms with Crippen LogP contribution in [0.2, 0.25) is 0 Å². The molecule has 2 atom stereocenters. The molecular formula is C9H20O5. The van der Waals surface area contributed by atoms with Gasteiger partial charge < -0.3 is 25.5 Å². The summed E-state index contributed by atoms with van der Waals surface area (Å²) in [7, 11) is 0. The van der Waals surface area contributed by atoms with Gasteiger partial charge in [-0.15, -0.1) is 0 Å². The molecule has 1 aliphatic rings. The Kier molecular flexibility index (Phi) is 6.22. The lowest BCUT2D eigenvalue weighted by molar-refractivity contribution is 0.135. The van der Waals surface area contributed by atoms with Crippen molar-refractivity contribution in [1.29, 1.82) is 0 Å². The van der Waals surface area contributed by atoms with Gasteiger partial charge >= 0.3 is 0 Å². The molecule has 1 aliphatic carbocycles. The smallest absolute Gasteiger partial charge is 0.0910 e. The first-order valence-corrected chi connectivity index (χ1v) is 4.79. The summed E-state index contributed by atoms with van der Waals surface area (Å²) in [5.74, 6) is 0. The van der Waals surface area contributed by atoms with Crippen molar-refractivity contribution in [2.45, 2.75) is 32.0 Å². The molecule has 86 valence electrons. The summed E-state index contributed by atoms with van der Waals surface area (Å²) in [4.78, 5) is 0. The Labute approximate surface area is 83.6 Å². The Morgan fingerprint density at radius 3 is 1.43 bits per heavy atom. The third-order valence-electron chi connectivity index (χ3n) is 2.64. The van der Waals surface area contributed by atoms with Crippen molar-refractivity contribution >= 4 is 0 Å². The average molecular weight is 208 g/mol. The van der Waals surface area contributed by atoms with E-state index in [4.69, 9.17) is 25.5 Å². The van der Waals surface area contributed by atoms with E-state index < -0.39 is 17.6 Å². The fraction of sp³-hybridized carbons (Fsp3) is 1.00. The number of hydrogen-bond acceptors (Lipinski definition) is 5. The number of hydrogen-bond donors (Lipinski definition) is 5. The minimum atomic E-state index is -0.701. The van der Waals surface area contributed by atoms with Crippen LogP contribution in [0.1, 0.15) is 19.8 Å². The quantitative estimate of drug-likeness (QED) is 0.386. The van der Waals surface area contributed by atoms with Gasteiger partial charge in [0, 0.05) is 13.2 Å². The topological polar surface area (TPSA) is 101 Å². The summed E-state index contributed by atoms with van der Waals surface area (Å²) >= 11 is 0. The minimum Gasteiger partial charge on any atom is -0.396 e. The second-order valence-electron chi connectivity index (χ2n) is 3.44. The zero-order chi connectivity index (χ0) is 11.2. The minimum absolute atomic E-state index is 0.0938. The van der Waals surface area contributed by atoms with E-state index in [0.717, 1.165) is 0 Å². The highest BCUT2D eigenvalue weighted by molar-refractivity contribution is 5.11. The normalized spacial score (nSPS) is 34.7. The van der Waals surface area contributed by atoms with Gasteiger partial charge in [-0.1, -0.05) is 6.92 Å². The Bertz CT molecular complexity index is 134. The molecular weight excluding hydrogens is 188 g/mol. The Morgan fingerprint density at radius 1 is 1.00 bits per heavy atom. The van der Waals surface area contributed by atoms with Crippen LogP contribution in [0.15, 0.2) is 0 Å². The van der Waals surface area contributed by atoms with Gasteiger partial charge in [0.25, 0.3) is 0 Å². The molecule has 0 aromatic carbocycles. The fourth-order valence-corrected chi connectivity index (χ4v) is 1.24. The van der Waals surface area contributed by atoms with Gasteiger partial charge in [-0.25, -0.2) is 0 Å². The maximum absolute atomic E-state index is 8.94. The summed E-state index contributed by atoms with van der Waals surface area (Å²) in [6, 6.07) is 0. The first-order valence-electron chi connectivity index (χ1n) is 4.79. The number of aliphatic hydroxyl groups is 5. The third kappa shape index (κ3) is 2.90. The Balaban J connectivity index is 0.000000292. The van der Waals surface area contributed by atoms with E-state index in [2.05, 4.69) is 0 Å². The van der Waals surface area contributed by atoms with E-state index in [1.807, 2.05) is 6.92 Å². The molecule has 0 bridgehead atoms. The van der Waals surface area contributed by atoms with E-state index >= 15 is 0 Å². The SMILES string of the molecule is CCC1(CO)C(O)C1O.OCCCO. The molecule has 0 spiro atoms. The van der Waals surface area contributed by atoms with Crippen molar-refractivity contribution in [2.24, 2.45) is 5.41 Å². The summed E-state index contributed by atoms with van der Waals surface area (Å²) in [6.07, 6.45) is -0.272. The van der Waals surface area contributed by atoms with Crippen LogP contribution in [-0.2, 0) is 0 Å². The Hall–Kier alpha value is -0.200. The van der Waals surface area contributed by atoms with Gasteiger partial charge in [-0.05, 0) is 12.8 Å². The van der Waals surface area contributed by atoms with Gasteiger partial charge in [0.15, 0.2) is 0 Å². The van der Waals surface area contributed by atoms with Crippen LogP contribution in [0.4, 0.5) is 0 Å². The molecule has 0 amide bonds. The summed E-state index contributed by atoms with van der Waals surface area (Å²) in [5.41, 5.74) is -0.583. The van der Waals surface area contributed by atoms with Crippen molar-refractivity contribution in [3.05, 3.63) is 0 Å². The van der Waals surface area contributed by atoms with Crippen LogP contribution in [0.25, 0.3) is 0 Å². The molecule has 0 aliphatic heterocycles. The van der Waals surface area contributed by atoms with Crippen LogP contribution in [0.5, 0.6) is 0 Å². The van der Waals surface area contributed by atoms with Crippen LogP contribution in [0.3, 0.4) is 0 Å². The number of rotatable bonds is 4. The number of aliphatic hydroxyl groups excluding tert-OH is 5. The highest BCUT2D eigenvalue weighted by Gasteiger charge is 2.62. The monoisotopic (exact) mass is 208 g/mol. The van der Waals surface area contributed by atoms with Crippen molar-refractivity contribution in [1.82, 2.24) is 0 Å². The van der Waals surface area contributed by atoms with Gasteiger partial charge in [-0.3, -0.25) is 0 Å². The van der Waals surface area contributed by atoms with Crippen LogP contribution in [-0.4, -0.2) is 57.6 Å². The molecule has 5 heteroatoms. The first-order chi connectivity index (χ1) is 6.60.